The molecule has 104 valence electrons. The Morgan fingerprint density at radius 3 is 2.85 bits per heavy atom. The van der Waals surface area contributed by atoms with Crippen molar-refractivity contribution in [3.63, 3.8) is 0 Å². The highest BCUT2D eigenvalue weighted by molar-refractivity contribution is 5.92. The van der Waals surface area contributed by atoms with Gasteiger partial charge < -0.3 is 14.4 Å². The SMILES string of the molecule is Cn1cncc1COc1c(C(=O)O)cccc1[N+](=O)[O-]. The van der Waals surface area contributed by atoms with Gasteiger partial charge in [-0.3, -0.25) is 10.1 Å². The lowest BCUT2D eigenvalue weighted by Gasteiger charge is -2.09. The fourth-order valence-corrected chi connectivity index (χ4v) is 1.66. The molecule has 1 aromatic carbocycles. The lowest BCUT2D eigenvalue weighted by atomic mass is 10.1. The Bertz CT molecular complexity index is 633. The van der Waals surface area contributed by atoms with Gasteiger partial charge in [0.1, 0.15) is 12.2 Å². The molecule has 0 unspecified atom stereocenters. The average Bonchev–Trinajstić information content (AvgIpc) is 2.81. The van der Waals surface area contributed by atoms with E-state index in [2.05, 4.69) is 4.98 Å². The predicted molar refractivity (Wildman–Crippen MR) is 67.6 cm³/mol. The van der Waals surface area contributed by atoms with Gasteiger partial charge in [0.2, 0.25) is 5.75 Å². The van der Waals surface area contributed by atoms with Gasteiger partial charge in [0, 0.05) is 13.1 Å². The van der Waals surface area contributed by atoms with Crippen LogP contribution in [0.3, 0.4) is 0 Å². The highest BCUT2D eigenvalue weighted by Gasteiger charge is 2.23. The third-order valence-electron chi connectivity index (χ3n) is 2.70. The summed E-state index contributed by atoms with van der Waals surface area (Å²) in [4.78, 5) is 25.3. The third kappa shape index (κ3) is 2.58. The first-order valence-corrected chi connectivity index (χ1v) is 5.59. The molecule has 8 heteroatoms. The molecule has 0 saturated heterocycles. The summed E-state index contributed by atoms with van der Waals surface area (Å²) in [6.07, 6.45) is 3.09. The van der Waals surface area contributed by atoms with Crippen molar-refractivity contribution in [1.29, 1.82) is 0 Å². The summed E-state index contributed by atoms with van der Waals surface area (Å²) in [6, 6.07) is 3.76. The Hall–Kier alpha value is -2.90. The summed E-state index contributed by atoms with van der Waals surface area (Å²) >= 11 is 0. The molecular weight excluding hydrogens is 266 g/mol. The van der Waals surface area contributed by atoms with Crippen molar-refractivity contribution in [3.05, 3.63) is 52.1 Å². The van der Waals surface area contributed by atoms with Gasteiger partial charge in [-0.25, -0.2) is 9.78 Å². The van der Waals surface area contributed by atoms with E-state index in [4.69, 9.17) is 9.84 Å². The number of aromatic nitrogens is 2. The van der Waals surface area contributed by atoms with Crippen molar-refractivity contribution in [2.24, 2.45) is 7.05 Å². The van der Waals surface area contributed by atoms with Crippen molar-refractivity contribution in [3.8, 4) is 5.75 Å². The highest BCUT2D eigenvalue weighted by atomic mass is 16.6. The van der Waals surface area contributed by atoms with Crippen LogP contribution < -0.4 is 4.74 Å². The van der Waals surface area contributed by atoms with Gasteiger partial charge in [-0.1, -0.05) is 6.07 Å². The Morgan fingerprint density at radius 2 is 2.30 bits per heavy atom. The molecule has 2 rings (SSSR count). The van der Waals surface area contributed by atoms with Crippen LogP contribution in [0.4, 0.5) is 5.69 Å². The van der Waals surface area contributed by atoms with Crippen LogP contribution in [0.25, 0.3) is 0 Å². The topological polar surface area (TPSA) is 107 Å². The number of para-hydroxylation sites is 1. The number of ether oxygens (including phenoxy) is 1. The van der Waals surface area contributed by atoms with Crippen molar-refractivity contribution in [2.75, 3.05) is 0 Å². The van der Waals surface area contributed by atoms with Gasteiger partial charge in [-0.2, -0.15) is 0 Å². The summed E-state index contributed by atoms with van der Waals surface area (Å²) in [6.45, 7) is -0.0123. The van der Waals surface area contributed by atoms with Crippen LogP contribution in [0.1, 0.15) is 16.1 Å². The monoisotopic (exact) mass is 277 g/mol. The molecule has 0 aliphatic rings. The van der Waals surface area contributed by atoms with Gasteiger partial charge in [0.15, 0.2) is 0 Å². The number of nitro benzene ring substituents is 1. The predicted octanol–water partition coefficient (Wildman–Crippen LogP) is 1.61. The van der Waals surface area contributed by atoms with E-state index in [1.165, 1.54) is 24.4 Å². The molecule has 0 bridgehead atoms. The summed E-state index contributed by atoms with van der Waals surface area (Å²) in [5, 5.41) is 20.0. The van der Waals surface area contributed by atoms with Gasteiger partial charge in [0.25, 0.3) is 0 Å². The van der Waals surface area contributed by atoms with E-state index in [1.807, 2.05) is 0 Å². The summed E-state index contributed by atoms with van der Waals surface area (Å²) in [7, 11) is 1.74. The first-order chi connectivity index (χ1) is 9.50. The van der Waals surface area contributed by atoms with Gasteiger partial charge in [-0.15, -0.1) is 0 Å². The fourth-order valence-electron chi connectivity index (χ4n) is 1.66. The maximum atomic E-state index is 11.1. The number of nitrogens with zero attached hydrogens (tertiary/aromatic N) is 3. The number of benzene rings is 1. The van der Waals surface area contributed by atoms with Crippen molar-refractivity contribution >= 4 is 11.7 Å². The largest absolute Gasteiger partial charge is 0.480 e. The van der Waals surface area contributed by atoms with Crippen LogP contribution in [-0.2, 0) is 13.7 Å². The zero-order chi connectivity index (χ0) is 14.7. The van der Waals surface area contributed by atoms with E-state index < -0.39 is 10.9 Å². The first-order valence-electron chi connectivity index (χ1n) is 5.59. The second-order valence-corrected chi connectivity index (χ2v) is 4.00. The molecule has 1 heterocycles. The van der Waals surface area contributed by atoms with Crippen LogP contribution in [0, 0.1) is 10.1 Å². The van der Waals surface area contributed by atoms with Crippen LogP contribution in [0.15, 0.2) is 30.7 Å². The number of rotatable bonds is 5. The zero-order valence-corrected chi connectivity index (χ0v) is 10.5. The minimum absolute atomic E-state index is 0.0123. The number of aromatic carboxylic acids is 1. The van der Waals surface area contributed by atoms with Crippen molar-refractivity contribution in [2.45, 2.75) is 6.61 Å². The molecule has 0 atom stereocenters. The molecule has 0 spiro atoms. The van der Waals surface area contributed by atoms with Crippen molar-refractivity contribution in [1.82, 2.24) is 9.55 Å². The van der Waals surface area contributed by atoms with E-state index in [1.54, 1.807) is 17.9 Å². The lowest BCUT2D eigenvalue weighted by Crippen LogP contribution is -2.07. The normalized spacial score (nSPS) is 10.2. The minimum Gasteiger partial charge on any atom is -0.480 e. The first kappa shape index (κ1) is 13.5. The third-order valence-corrected chi connectivity index (χ3v) is 2.70. The molecule has 2 aromatic rings. The summed E-state index contributed by atoms with van der Waals surface area (Å²) in [5.41, 5.74) is 0.0351. The summed E-state index contributed by atoms with van der Waals surface area (Å²) < 4.78 is 7.01. The van der Waals surface area contributed by atoms with E-state index >= 15 is 0 Å². The molecule has 0 amide bonds. The molecule has 0 saturated carbocycles. The molecule has 20 heavy (non-hydrogen) atoms. The maximum Gasteiger partial charge on any atom is 0.339 e. The lowest BCUT2D eigenvalue weighted by molar-refractivity contribution is -0.386. The zero-order valence-electron chi connectivity index (χ0n) is 10.5. The molecule has 0 radical (unpaired) electrons. The second kappa shape index (κ2) is 5.39. The van der Waals surface area contributed by atoms with E-state index in [9.17, 15) is 14.9 Å². The Morgan fingerprint density at radius 1 is 1.55 bits per heavy atom. The van der Waals surface area contributed by atoms with Crippen LogP contribution in [0.2, 0.25) is 0 Å². The minimum atomic E-state index is -1.28. The number of hydrogen-bond acceptors (Lipinski definition) is 5. The molecule has 0 fully saturated rings. The standard InChI is InChI=1S/C12H11N3O5/c1-14-7-13-5-8(14)6-20-11-9(12(16)17)3-2-4-10(11)15(18)19/h2-5,7H,6H2,1H3,(H,16,17). The van der Waals surface area contributed by atoms with Crippen molar-refractivity contribution < 1.29 is 19.6 Å². The second-order valence-electron chi connectivity index (χ2n) is 4.00. The average molecular weight is 277 g/mol. The molecule has 8 nitrogen and oxygen atoms in total. The van der Waals surface area contributed by atoms with E-state index in [0.717, 1.165) is 0 Å². The number of aryl methyl sites for hydroxylation is 1. The molecule has 1 aromatic heterocycles. The number of imidazole rings is 1. The number of nitro groups is 1. The van der Waals surface area contributed by atoms with Gasteiger partial charge in [-0.05, 0) is 6.07 Å². The molecular formula is C12H11N3O5. The Labute approximate surface area is 113 Å². The maximum absolute atomic E-state index is 11.1. The molecule has 0 aliphatic carbocycles. The van der Waals surface area contributed by atoms with Gasteiger partial charge >= 0.3 is 11.7 Å². The smallest absolute Gasteiger partial charge is 0.339 e. The van der Waals surface area contributed by atoms with Crippen LogP contribution in [0.5, 0.6) is 5.75 Å². The van der Waals surface area contributed by atoms with Gasteiger partial charge in [0.05, 0.1) is 23.1 Å². The number of carboxylic acid groups (broad SMARTS) is 1. The van der Waals surface area contributed by atoms with Crippen LogP contribution in [-0.4, -0.2) is 25.6 Å². The van der Waals surface area contributed by atoms with E-state index in [-0.39, 0.29) is 23.6 Å². The Kier molecular flexibility index (Phi) is 3.65. The number of carbonyl (C=O) groups is 1. The molecule has 1 N–H and O–H groups in total. The fraction of sp³-hybridized carbons (Fsp3) is 0.167. The number of carboxylic acids is 1. The van der Waals surface area contributed by atoms with Crippen LogP contribution >= 0.6 is 0 Å². The number of hydrogen-bond donors (Lipinski definition) is 1. The Balaban J connectivity index is 2.36. The molecule has 0 aliphatic heterocycles. The summed E-state index contributed by atoms with van der Waals surface area (Å²) in [5.74, 6) is -1.54. The highest BCUT2D eigenvalue weighted by Crippen LogP contribution is 2.31. The van der Waals surface area contributed by atoms with E-state index in [0.29, 0.717) is 5.69 Å². The quantitative estimate of drug-likeness (QED) is 0.657.